The fourth-order valence-corrected chi connectivity index (χ4v) is 2.38. The second-order valence-corrected chi connectivity index (χ2v) is 5.80. The van der Waals surface area contributed by atoms with Crippen molar-refractivity contribution in [1.82, 2.24) is 10.3 Å². The van der Waals surface area contributed by atoms with Crippen molar-refractivity contribution < 1.29 is 4.74 Å². The van der Waals surface area contributed by atoms with Crippen LogP contribution in [0.4, 0.5) is 0 Å². The highest BCUT2D eigenvalue weighted by Crippen LogP contribution is 2.26. The molecule has 2 aromatic rings. The van der Waals surface area contributed by atoms with Gasteiger partial charge in [0.2, 0.25) is 0 Å². The molecule has 2 rings (SSSR count). The van der Waals surface area contributed by atoms with Crippen LogP contribution >= 0.6 is 0 Å². The van der Waals surface area contributed by atoms with Crippen LogP contribution in [0.2, 0.25) is 0 Å². The molecule has 0 fully saturated rings. The molecule has 3 nitrogen and oxygen atoms in total. The summed E-state index contributed by atoms with van der Waals surface area (Å²) in [6.45, 7) is 4.26. The molecule has 0 amide bonds. The Morgan fingerprint density at radius 1 is 1.30 bits per heavy atom. The van der Waals surface area contributed by atoms with Crippen molar-refractivity contribution in [2.75, 3.05) is 14.2 Å². The molecule has 1 aromatic heterocycles. The van der Waals surface area contributed by atoms with Crippen LogP contribution in [0.1, 0.15) is 38.3 Å². The monoisotopic (exact) mass is 272 g/mol. The Bertz CT molecular complexity index is 566. The predicted molar refractivity (Wildman–Crippen MR) is 83.9 cm³/mol. The second-order valence-electron chi connectivity index (χ2n) is 5.80. The molecular weight excluding hydrogens is 248 g/mol. The van der Waals surface area contributed by atoms with Gasteiger partial charge in [0.15, 0.2) is 0 Å². The van der Waals surface area contributed by atoms with Gasteiger partial charge in [-0.25, -0.2) is 0 Å². The lowest BCUT2D eigenvalue weighted by molar-refractivity contribution is 0.0118. The summed E-state index contributed by atoms with van der Waals surface area (Å²) in [6.07, 6.45) is 3.89. The number of ether oxygens (including phenoxy) is 1. The Labute approximate surface area is 121 Å². The fraction of sp³-hybridized carbons (Fsp3) is 0.471. The van der Waals surface area contributed by atoms with E-state index in [0.29, 0.717) is 6.04 Å². The van der Waals surface area contributed by atoms with E-state index in [1.54, 1.807) is 7.11 Å². The van der Waals surface area contributed by atoms with Gasteiger partial charge in [0, 0.05) is 24.7 Å². The minimum Gasteiger partial charge on any atom is -0.379 e. The van der Waals surface area contributed by atoms with Gasteiger partial charge >= 0.3 is 0 Å². The van der Waals surface area contributed by atoms with E-state index >= 15 is 0 Å². The Balaban J connectivity index is 2.17. The lowest BCUT2D eigenvalue weighted by atomic mass is 9.94. The highest BCUT2D eigenvalue weighted by atomic mass is 16.5. The number of hydrogen-bond acceptors (Lipinski definition) is 3. The van der Waals surface area contributed by atoms with Crippen molar-refractivity contribution in [2.24, 2.45) is 0 Å². The van der Waals surface area contributed by atoms with Gasteiger partial charge in [0.25, 0.3) is 0 Å². The van der Waals surface area contributed by atoms with Crippen LogP contribution in [0.3, 0.4) is 0 Å². The predicted octanol–water partition coefficient (Wildman–Crippen LogP) is 3.70. The van der Waals surface area contributed by atoms with Crippen LogP contribution in [-0.2, 0) is 4.74 Å². The number of pyridine rings is 1. The van der Waals surface area contributed by atoms with Crippen LogP contribution in [0.25, 0.3) is 10.9 Å². The summed E-state index contributed by atoms with van der Waals surface area (Å²) >= 11 is 0. The summed E-state index contributed by atoms with van der Waals surface area (Å²) in [5.74, 6) is 0. The molecule has 0 aliphatic heterocycles. The zero-order valence-corrected chi connectivity index (χ0v) is 12.8. The van der Waals surface area contributed by atoms with Gasteiger partial charge < -0.3 is 10.1 Å². The summed E-state index contributed by atoms with van der Waals surface area (Å²) in [7, 11) is 3.79. The number of fused-ring (bicyclic) bond motifs is 1. The Morgan fingerprint density at radius 2 is 2.10 bits per heavy atom. The molecule has 0 bridgehead atoms. The minimum atomic E-state index is -0.0759. The van der Waals surface area contributed by atoms with Crippen molar-refractivity contribution in [3.8, 4) is 0 Å². The van der Waals surface area contributed by atoms with Gasteiger partial charge in [0.1, 0.15) is 0 Å². The Kier molecular flexibility index (Phi) is 4.73. The number of aromatic nitrogens is 1. The van der Waals surface area contributed by atoms with E-state index in [1.807, 2.05) is 19.3 Å². The first-order valence-electron chi connectivity index (χ1n) is 7.13. The number of benzene rings is 1. The lowest BCUT2D eigenvalue weighted by Crippen LogP contribution is -2.26. The average Bonchev–Trinajstić information content (AvgIpc) is 2.47. The van der Waals surface area contributed by atoms with Crippen molar-refractivity contribution in [3.63, 3.8) is 0 Å². The minimum absolute atomic E-state index is 0.0759. The zero-order chi connectivity index (χ0) is 14.6. The molecule has 1 heterocycles. The third kappa shape index (κ3) is 3.56. The topological polar surface area (TPSA) is 34.1 Å². The van der Waals surface area contributed by atoms with Crippen molar-refractivity contribution in [3.05, 3.63) is 42.1 Å². The van der Waals surface area contributed by atoms with Gasteiger partial charge in [0.05, 0.1) is 11.1 Å². The molecule has 1 unspecified atom stereocenters. The van der Waals surface area contributed by atoms with Gasteiger partial charge in [-0.15, -0.1) is 0 Å². The second kappa shape index (κ2) is 6.33. The third-order valence-electron chi connectivity index (χ3n) is 3.97. The molecule has 20 heavy (non-hydrogen) atoms. The van der Waals surface area contributed by atoms with E-state index in [0.717, 1.165) is 18.4 Å². The summed E-state index contributed by atoms with van der Waals surface area (Å²) < 4.78 is 5.50. The molecule has 3 heteroatoms. The maximum Gasteiger partial charge on any atom is 0.0702 e. The largest absolute Gasteiger partial charge is 0.379 e. The zero-order valence-electron chi connectivity index (χ0n) is 12.8. The average molecular weight is 272 g/mol. The Morgan fingerprint density at radius 3 is 2.80 bits per heavy atom. The van der Waals surface area contributed by atoms with Gasteiger partial charge in [-0.05, 0) is 57.5 Å². The maximum atomic E-state index is 5.50. The SMILES string of the molecule is CNC(CCC(C)(C)OC)c1ccc2ncccc2c1. The number of nitrogens with one attached hydrogen (secondary N) is 1. The standard InChI is InChI=1S/C17H24N2O/c1-17(2,20-4)10-9-15(18-3)14-7-8-16-13(12-14)6-5-11-19-16/h5-8,11-12,15,18H,9-10H2,1-4H3. The summed E-state index contributed by atoms with van der Waals surface area (Å²) in [5.41, 5.74) is 2.27. The lowest BCUT2D eigenvalue weighted by Gasteiger charge is -2.26. The molecule has 0 saturated heterocycles. The Hall–Kier alpha value is -1.45. The van der Waals surface area contributed by atoms with Crippen molar-refractivity contribution in [1.29, 1.82) is 0 Å². The highest BCUT2D eigenvalue weighted by Gasteiger charge is 2.19. The normalized spacial score (nSPS) is 13.6. The molecule has 0 saturated carbocycles. The van der Waals surface area contributed by atoms with E-state index in [2.05, 4.69) is 48.4 Å². The highest BCUT2D eigenvalue weighted by molar-refractivity contribution is 5.79. The third-order valence-corrected chi connectivity index (χ3v) is 3.97. The molecule has 1 atom stereocenters. The van der Waals surface area contributed by atoms with Crippen LogP contribution in [-0.4, -0.2) is 24.7 Å². The van der Waals surface area contributed by atoms with Gasteiger partial charge in [-0.1, -0.05) is 12.1 Å². The fourth-order valence-electron chi connectivity index (χ4n) is 2.38. The van der Waals surface area contributed by atoms with E-state index in [1.165, 1.54) is 10.9 Å². The van der Waals surface area contributed by atoms with E-state index < -0.39 is 0 Å². The van der Waals surface area contributed by atoms with Gasteiger partial charge in [-0.3, -0.25) is 4.98 Å². The van der Waals surface area contributed by atoms with Crippen LogP contribution < -0.4 is 5.32 Å². The number of nitrogens with zero attached hydrogens (tertiary/aromatic N) is 1. The maximum absolute atomic E-state index is 5.50. The number of methoxy groups -OCH3 is 1. The summed E-state index contributed by atoms with van der Waals surface area (Å²) in [4.78, 5) is 4.37. The number of hydrogen-bond donors (Lipinski definition) is 1. The molecule has 0 aliphatic rings. The molecule has 108 valence electrons. The smallest absolute Gasteiger partial charge is 0.0702 e. The summed E-state index contributed by atoms with van der Waals surface area (Å²) in [6, 6.07) is 10.9. The molecule has 0 spiro atoms. The molecule has 1 N–H and O–H groups in total. The quantitative estimate of drug-likeness (QED) is 0.870. The summed E-state index contributed by atoms with van der Waals surface area (Å²) in [5, 5.41) is 4.59. The number of rotatable bonds is 6. The first-order chi connectivity index (χ1) is 9.55. The van der Waals surface area contributed by atoms with Crippen LogP contribution in [0, 0.1) is 0 Å². The molecular formula is C17H24N2O. The molecule has 1 aromatic carbocycles. The van der Waals surface area contributed by atoms with Crippen LogP contribution in [0.15, 0.2) is 36.5 Å². The van der Waals surface area contributed by atoms with Crippen molar-refractivity contribution >= 4 is 10.9 Å². The van der Waals surface area contributed by atoms with Gasteiger partial charge in [-0.2, -0.15) is 0 Å². The first-order valence-corrected chi connectivity index (χ1v) is 7.13. The van der Waals surface area contributed by atoms with Crippen molar-refractivity contribution in [2.45, 2.75) is 38.3 Å². The van der Waals surface area contributed by atoms with E-state index in [4.69, 9.17) is 4.74 Å². The van der Waals surface area contributed by atoms with Crippen LogP contribution in [0.5, 0.6) is 0 Å². The molecule has 0 aliphatic carbocycles. The first kappa shape index (κ1) is 14.9. The molecule has 0 radical (unpaired) electrons. The van der Waals surface area contributed by atoms with E-state index in [9.17, 15) is 0 Å². The van der Waals surface area contributed by atoms with E-state index in [-0.39, 0.29) is 5.60 Å².